The summed E-state index contributed by atoms with van der Waals surface area (Å²) in [4.78, 5) is 60.0. The molecule has 2 saturated heterocycles. The Kier molecular flexibility index (Phi) is 8.06. The molecule has 4 aliphatic rings. The van der Waals surface area contributed by atoms with Crippen LogP contribution in [0.3, 0.4) is 0 Å². The van der Waals surface area contributed by atoms with Gasteiger partial charge in [0.05, 0.1) is 46.7 Å². The van der Waals surface area contributed by atoms with E-state index in [0.717, 1.165) is 21.7 Å². The van der Waals surface area contributed by atoms with Gasteiger partial charge in [-0.15, -0.1) is 0 Å². The number of nitrogens with one attached hydrogen (secondary N) is 1. The minimum Gasteiger partial charge on any atom is -0.503 e. The van der Waals surface area contributed by atoms with Crippen molar-refractivity contribution in [2.24, 2.45) is 23.7 Å². The van der Waals surface area contributed by atoms with Crippen LogP contribution in [-0.4, -0.2) is 40.9 Å². The molecule has 4 aromatic rings. The normalized spacial score (nSPS) is 26.4. The Balaban J connectivity index is 1.33. The summed E-state index contributed by atoms with van der Waals surface area (Å²) in [5.41, 5.74) is 6.46. The molecule has 9 nitrogen and oxygen atoms in total. The molecule has 4 amide bonds. The molecule has 2 aliphatic heterocycles. The molecular weight excluding hydrogens is 678 g/mol. The van der Waals surface area contributed by atoms with Crippen LogP contribution in [0.1, 0.15) is 41.0 Å². The largest absolute Gasteiger partial charge is 0.503 e. The lowest BCUT2D eigenvalue weighted by atomic mass is 9.49. The van der Waals surface area contributed by atoms with E-state index in [1.807, 2.05) is 55.5 Å². The fourth-order valence-corrected chi connectivity index (χ4v) is 9.27. The average molecular weight is 714 g/mol. The van der Waals surface area contributed by atoms with E-state index >= 15 is 4.79 Å². The van der Waals surface area contributed by atoms with E-state index in [0.29, 0.717) is 22.5 Å². The molecule has 2 heterocycles. The second-order valence-corrected chi connectivity index (χ2v) is 14.4. The van der Waals surface area contributed by atoms with Crippen molar-refractivity contribution in [3.63, 3.8) is 0 Å². The number of hydrogen-bond acceptors (Lipinski definition) is 7. The van der Waals surface area contributed by atoms with E-state index in [4.69, 9.17) is 16.3 Å². The number of hydrogen-bond donors (Lipinski definition) is 2. The van der Waals surface area contributed by atoms with Crippen molar-refractivity contribution in [2.45, 2.75) is 31.1 Å². The molecule has 6 unspecified atom stereocenters. The van der Waals surface area contributed by atoms with Crippen LogP contribution < -0.4 is 15.1 Å². The third-order valence-electron chi connectivity index (χ3n) is 11.4. The van der Waals surface area contributed by atoms with Crippen LogP contribution in [0.4, 0.5) is 11.4 Å². The van der Waals surface area contributed by atoms with Gasteiger partial charge < -0.3 is 9.84 Å². The number of anilines is 2. The molecule has 3 fully saturated rings. The number of phenolic OH excluding ortho intramolecular Hbond substituents is 1. The quantitative estimate of drug-likeness (QED) is 0.154. The minimum atomic E-state index is -1.48. The fraction of sp³-hybridized carbons (Fsp3) is 0.238. The highest BCUT2D eigenvalue weighted by Gasteiger charge is 2.70. The van der Waals surface area contributed by atoms with Crippen LogP contribution in [0, 0.1) is 30.6 Å². The Morgan fingerprint density at radius 1 is 0.923 bits per heavy atom. The number of imide groups is 2. The number of fused-ring (bicyclic) bond motifs is 4. The van der Waals surface area contributed by atoms with Crippen molar-refractivity contribution in [3.05, 3.63) is 137 Å². The summed E-state index contributed by atoms with van der Waals surface area (Å²) in [6.45, 7) is 5.75. The number of methoxy groups -OCH3 is 1. The van der Waals surface area contributed by atoms with Crippen LogP contribution in [0.5, 0.6) is 11.5 Å². The number of aromatic hydroxyl groups is 1. The number of aryl methyl sites for hydroxylation is 1. The molecule has 8 rings (SSSR count). The van der Waals surface area contributed by atoms with Gasteiger partial charge in [-0.25, -0.2) is 0 Å². The zero-order chi connectivity index (χ0) is 36.5. The van der Waals surface area contributed by atoms with Gasteiger partial charge >= 0.3 is 0 Å². The van der Waals surface area contributed by atoms with Gasteiger partial charge in [-0.05, 0) is 78.8 Å². The Bertz CT molecular complexity index is 2180. The predicted molar refractivity (Wildman–Crippen MR) is 197 cm³/mol. The summed E-state index contributed by atoms with van der Waals surface area (Å²) < 4.78 is 5.54. The fourth-order valence-electron chi connectivity index (χ4n) is 9.05. The standard InChI is InChI=1S/C42H36ClN3O6/c1-4-24-12-16-28(17-13-24)45-38(48)30-19-18-29-31(35(30)40(45)50)22-32-39(49)46(44-27-14-10-23(2)11-15-27)41(51)42(32,26-8-6-5-7-9-26)36(29)25-20-33(43)37(47)34(21-25)52-3/h4-18,20-21,30-32,35-36,44,47H,1,19,22H2,2-3H3. The Hall–Kier alpha value is -5.67. The first-order valence-electron chi connectivity index (χ1n) is 17.2. The van der Waals surface area contributed by atoms with Crippen LogP contribution in [-0.2, 0) is 24.6 Å². The van der Waals surface area contributed by atoms with Gasteiger partial charge in [0.15, 0.2) is 11.5 Å². The first-order chi connectivity index (χ1) is 25.1. The van der Waals surface area contributed by atoms with E-state index in [1.165, 1.54) is 12.0 Å². The highest BCUT2D eigenvalue weighted by molar-refractivity contribution is 6.32. The van der Waals surface area contributed by atoms with Gasteiger partial charge in [-0.1, -0.05) is 96.1 Å². The van der Waals surface area contributed by atoms with Crippen molar-refractivity contribution in [1.82, 2.24) is 5.01 Å². The topological polar surface area (TPSA) is 116 Å². The number of hydrazine groups is 1. The zero-order valence-electron chi connectivity index (χ0n) is 28.6. The summed E-state index contributed by atoms with van der Waals surface area (Å²) in [5, 5.41) is 11.9. The average Bonchev–Trinajstić information content (AvgIpc) is 3.54. The lowest BCUT2D eigenvalue weighted by Crippen LogP contribution is -2.53. The molecule has 0 aromatic heterocycles. The molecular formula is C42H36ClN3O6. The molecule has 0 bridgehead atoms. The number of rotatable bonds is 7. The third kappa shape index (κ3) is 4.83. The van der Waals surface area contributed by atoms with E-state index in [2.05, 4.69) is 12.0 Å². The number of nitrogens with zero attached hydrogens (tertiary/aromatic N) is 2. The molecule has 0 radical (unpaired) electrons. The second kappa shape index (κ2) is 12.5. The van der Waals surface area contributed by atoms with Gasteiger partial charge in [-0.3, -0.25) is 29.5 Å². The highest BCUT2D eigenvalue weighted by atomic mass is 35.5. The summed E-state index contributed by atoms with van der Waals surface area (Å²) in [7, 11) is 1.41. The van der Waals surface area contributed by atoms with E-state index < -0.39 is 46.8 Å². The summed E-state index contributed by atoms with van der Waals surface area (Å²) in [5.74, 6) is -5.40. The number of carbonyl (C=O) groups excluding carboxylic acids is 4. The maximum Gasteiger partial charge on any atom is 0.260 e. The maximum atomic E-state index is 15.3. The summed E-state index contributed by atoms with van der Waals surface area (Å²) >= 11 is 6.64. The van der Waals surface area contributed by atoms with Gasteiger partial charge in [0, 0.05) is 5.92 Å². The number of phenols is 1. The van der Waals surface area contributed by atoms with Crippen LogP contribution in [0.2, 0.25) is 5.02 Å². The maximum absolute atomic E-state index is 15.3. The first-order valence-corrected chi connectivity index (χ1v) is 17.6. The number of amides is 4. The van der Waals surface area contributed by atoms with Crippen LogP contribution in [0.15, 0.2) is 109 Å². The molecule has 6 atom stereocenters. The molecule has 0 spiro atoms. The number of allylic oxidation sites excluding steroid dienone is 2. The lowest BCUT2D eigenvalue weighted by molar-refractivity contribution is -0.138. The van der Waals surface area contributed by atoms with Crippen LogP contribution >= 0.6 is 11.6 Å². The Morgan fingerprint density at radius 2 is 1.63 bits per heavy atom. The molecule has 10 heteroatoms. The minimum absolute atomic E-state index is 0.0122. The number of benzene rings is 4. The predicted octanol–water partition coefficient (Wildman–Crippen LogP) is 7.20. The van der Waals surface area contributed by atoms with Gasteiger partial charge in [0.2, 0.25) is 11.8 Å². The monoisotopic (exact) mass is 713 g/mol. The number of halogens is 1. The van der Waals surface area contributed by atoms with Gasteiger partial charge in [0.25, 0.3) is 11.8 Å². The molecule has 4 aromatic carbocycles. The van der Waals surface area contributed by atoms with Crippen molar-refractivity contribution < 1.29 is 29.0 Å². The zero-order valence-corrected chi connectivity index (χ0v) is 29.3. The van der Waals surface area contributed by atoms with Crippen molar-refractivity contribution in [2.75, 3.05) is 17.4 Å². The SMILES string of the molecule is C=Cc1ccc(N2C(=O)C3CC=C4C(CC5C(=O)N(Nc6ccc(C)cc6)C(=O)C5(c5ccccc5)C4c4cc(Cl)c(O)c(OC)c4)C3C2=O)cc1. The van der Waals surface area contributed by atoms with Crippen LogP contribution in [0.25, 0.3) is 6.08 Å². The summed E-state index contributed by atoms with van der Waals surface area (Å²) in [6, 6.07) is 26.9. The van der Waals surface area contributed by atoms with Crippen molar-refractivity contribution >= 4 is 52.7 Å². The molecule has 2 N–H and O–H groups in total. The highest BCUT2D eigenvalue weighted by Crippen LogP contribution is 2.64. The number of ether oxygens (including phenoxy) is 1. The van der Waals surface area contributed by atoms with Gasteiger partial charge in [0.1, 0.15) is 0 Å². The smallest absolute Gasteiger partial charge is 0.260 e. The first kappa shape index (κ1) is 33.5. The number of carbonyl (C=O) groups is 4. The van der Waals surface area contributed by atoms with E-state index in [-0.39, 0.29) is 41.2 Å². The lowest BCUT2D eigenvalue weighted by Gasteiger charge is -2.50. The Morgan fingerprint density at radius 3 is 2.31 bits per heavy atom. The van der Waals surface area contributed by atoms with Crippen molar-refractivity contribution in [3.8, 4) is 11.5 Å². The molecule has 262 valence electrons. The van der Waals surface area contributed by atoms with Crippen molar-refractivity contribution in [1.29, 1.82) is 0 Å². The molecule has 2 aliphatic carbocycles. The van der Waals surface area contributed by atoms with Gasteiger partial charge in [-0.2, -0.15) is 5.01 Å². The third-order valence-corrected chi connectivity index (χ3v) is 11.7. The summed E-state index contributed by atoms with van der Waals surface area (Å²) in [6.07, 6.45) is 4.09. The molecule has 52 heavy (non-hydrogen) atoms. The van der Waals surface area contributed by atoms with E-state index in [9.17, 15) is 19.5 Å². The van der Waals surface area contributed by atoms with E-state index in [1.54, 1.807) is 54.6 Å². The second-order valence-electron chi connectivity index (χ2n) is 14.0. The molecule has 1 saturated carbocycles. The Labute approximate surface area is 306 Å².